The first kappa shape index (κ1) is 20.7. The van der Waals surface area contributed by atoms with Gasteiger partial charge in [0, 0.05) is 30.7 Å². The molecule has 5 rings (SSSR count). The molecule has 2 fully saturated rings. The number of H-pyrrole nitrogens is 1. The highest BCUT2D eigenvalue weighted by molar-refractivity contribution is 6.02. The average Bonchev–Trinajstić information content (AvgIpc) is 3.50. The number of amides is 3. The highest BCUT2D eigenvalue weighted by atomic mass is 16.5. The van der Waals surface area contributed by atoms with E-state index in [1.54, 1.807) is 19.2 Å². The van der Waals surface area contributed by atoms with Gasteiger partial charge in [-0.2, -0.15) is 5.10 Å². The van der Waals surface area contributed by atoms with Crippen LogP contribution in [0.15, 0.2) is 18.3 Å². The Morgan fingerprint density at radius 2 is 2.06 bits per heavy atom. The predicted octanol–water partition coefficient (Wildman–Crippen LogP) is 2.23. The number of piperazine rings is 1. The van der Waals surface area contributed by atoms with Crippen molar-refractivity contribution in [3.8, 4) is 5.75 Å². The highest BCUT2D eigenvalue weighted by Crippen LogP contribution is 2.37. The third kappa shape index (κ3) is 3.48. The molecule has 0 radical (unpaired) electrons. The summed E-state index contributed by atoms with van der Waals surface area (Å²) in [5.41, 5.74) is 1.98. The predicted molar refractivity (Wildman–Crippen MR) is 117 cm³/mol. The van der Waals surface area contributed by atoms with Gasteiger partial charge < -0.3 is 19.9 Å². The number of nitrogens with one attached hydrogen (secondary N) is 2. The number of hydrogen-bond donors (Lipinski definition) is 2. The minimum atomic E-state index is -0.356. The first-order valence-electron chi connectivity index (χ1n) is 11.2. The molecule has 0 aromatic carbocycles. The Hall–Kier alpha value is -3.14. The van der Waals surface area contributed by atoms with E-state index >= 15 is 0 Å². The normalized spacial score (nSPS) is 24.9. The van der Waals surface area contributed by atoms with Crippen molar-refractivity contribution in [1.29, 1.82) is 0 Å². The Balaban J connectivity index is 1.29. The maximum atomic E-state index is 13.5. The lowest BCUT2D eigenvalue weighted by Crippen LogP contribution is -2.59. The number of methoxy groups -OCH3 is 1. The molecule has 0 aliphatic carbocycles. The number of aromatic nitrogens is 3. The summed E-state index contributed by atoms with van der Waals surface area (Å²) in [5.74, 6) is 0.668. The van der Waals surface area contributed by atoms with E-state index in [9.17, 15) is 9.59 Å². The SMILES string of the molecule is COc1ccc(C(=O)Nc2n[nH]c3c2CN(C(=O)N2C[C@@H]4CCCN4C[C@@H]2C)C3C)nc1. The van der Waals surface area contributed by atoms with Gasteiger partial charge in [0.2, 0.25) is 0 Å². The number of ether oxygens (including phenoxy) is 1. The van der Waals surface area contributed by atoms with Gasteiger partial charge in [-0.15, -0.1) is 0 Å². The number of fused-ring (bicyclic) bond motifs is 2. The number of rotatable bonds is 3. The van der Waals surface area contributed by atoms with Crippen molar-refractivity contribution < 1.29 is 14.3 Å². The summed E-state index contributed by atoms with van der Waals surface area (Å²) in [5, 5.41) is 10.1. The molecule has 10 heteroatoms. The van der Waals surface area contributed by atoms with Crippen molar-refractivity contribution in [3.05, 3.63) is 35.3 Å². The van der Waals surface area contributed by atoms with Crippen molar-refractivity contribution in [2.24, 2.45) is 0 Å². The molecule has 5 heterocycles. The summed E-state index contributed by atoms with van der Waals surface area (Å²) in [6.45, 7) is 7.38. The number of urea groups is 1. The van der Waals surface area contributed by atoms with E-state index < -0.39 is 0 Å². The Bertz CT molecular complexity index is 1020. The van der Waals surface area contributed by atoms with E-state index in [1.807, 2.05) is 16.7 Å². The molecule has 170 valence electrons. The standard InChI is InChI=1S/C22H29N7O3/c1-13-10-27-8-4-5-15(27)11-28(13)22(31)29-12-17-19(14(29)2)25-26-20(17)24-21(30)18-7-6-16(32-3)9-23-18/h6-7,9,13-15H,4-5,8,10-12H2,1-3H3,(H2,24,25,26,30)/t13-,14?,15-/m0/s1. The number of hydrogen-bond acceptors (Lipinski definition) is 6. The molecule has 2 aromatic rings. The number of carbonyl (C=O) groups is 2. The molecule has 3 amide bonds. The first-order valence-corrected chi connectivity index (χ1v) is 11.2. The molecule has 32 heavy (non-hydrogen) atoms. The summed E-state index contributed by atoms with van der Waals surface area (Å²) < 4.78 is 5.09. The Morgan fingerprint density at radius 1 is 1.22 bits per heavy atom. The van der Waals surface area contributed by atoms with Gasteiger partial charge in [-0.1, -0.05) is 0 Å². The zero-order chi connectivity index (χ0) is 22.4. The molecule has 3 aliphatic rings. The van der Waals surface area contributed by atoms with Crippen molar-refractivity contribution in [2.45, 2.75) is 51.4 Å². The topological polar surface area (TPSA) is 107 Å². The monoisotopic (exact) mass is 439 g/mol. The Morgan fingerprint density at radius 3 is 2.81 bits per heavy atom. The van der Waals surface area contributed by atoms with Crippen molar-refractivity contribution in [1.82, 2.24) is 29.9 Å². The second-order valence-corrected chi connectivity index (χ2v) is 8.88. The summed E-state index contributed by atoms with van der Waals surface area (Å²) in [7, 11) is 1.55. The Labute approximate surface area is 186 Å². The van der Waals surface area contributed by atoms with Gasteiger partial charge in [-0.05, 0) is 45.4 Å². The van der Waals surface area contributed by atoms with E-state index in [4.69, 9.17) is 4.74 Å². The fourth-order valence-corrected chi connectivity index (χ4v) is 5.11. The van der Waals surface area contributed by atoms with Crippen LogP contribution in [0.1, 0.15) is 54.5 Å². The average molecular weight is 440 g/mol. The van der Waals surface area contributed by atoms with Crippen LogP contribution in [0, 0.1) is 0 Å². The molecule has 0 saturated carbocycles. The highest BCUT2D eigenvalue weighted by Gasteiger charge is 2.42. The van der Waals surface area contributed by atoms with Gasteiger partial charge >= 0.3 is 6.03 Å². The molecule has 10 nitrogen and oxygen atoms in total. The minimum Gasteiger partial charge on any atom is -0.495 e. The first-order chi connectivity index (χ1) is 15.5. The fraction of sp³-hybridized carbons (Fsp3) is 0.545. The van der Waals surface area contributed by atoms with E-state index in [2.05, 4.69) is 32.3 Å². The molecule has 0 bridgehead atoms. The molecule has 2 aromatic heterocycles. The van der Waals surface area contributed by atoms with Gasteiger partial charge in [-0.25, -0.2) is 9.78 Å². The van der Waals surface area contributed by atoms with Gasteiger partial charge in [0.25, 0.3) is 5.91 Å². The van der Waals surface area contributed by atoms with Crippen LogP contribution in [-0.2, 0) is 6.54 Å². The van der Waals surface area contributed by atoms with Gasteiger partial charge in [0.15, 0.2) is 5.82 Å². The van der Waals surface area contributed by atoms with Crippen LogP contribution in [-0.4, -0.2) is 80.6 Å². The third-order valence-corrected chi connectivity index (χ3v) is 6.98. The molecular weight excluding hydrogens is 410 g/mol. The summed E-state index contributed by atoms with van der Waals surface area (Å²) in [6, 6.07) is 3.86. The molecule has 0 spiro atoms. The second-order valence-electron chi connectivity index (χ2n) is 8.88. The van der Waals surface area contributed by atoms with Crippen molar-refractivity contribution in [2.75, 3.05) is 32.1 Å². The van der Waals surface area contributed by atoms with E-state index in [0.29, 0.717) is 24.2 Å². The van der Waals surface area contributed by atoms with Crippen LogP contribution < -0.4 is 10.1 Å². The number of anilines is 1. The quantitative estimate of drug-likeness (QED) is 0.760. The maximum absolute atomic E-state index is 13.5. The van der Waals surface area contributed by atoms with Gasteiger partial charge in [0.05, 0.1) is 31.6 Å². The lowest BCUT2D eigenvalue weighted by atomic mass is 10.1. The fourth-order valence-electron chi connectivity index (χ4n) is 5.11. The minimum absolute atomic E-state index is 0.0512. The van der Waals surface area contributed by atoms with Gasteiger partial charge in [-0.3, -0.25) is 14.8 Å². The molecular formula is C22H29N7O3. The zero-order valence-electron chi connectivity index (χ0n) is 18.7. The summed E-state index contributed by atoms with van der Waals surface area (Å²) in [6.07, 6.45) is 3.87. The molecule has 3 atom stereocenters. The lowest BCUT2D eigenvalue weighted by molar-refractivity contribution is 0.0580. The smallest absolute Gasteiger partial charge is 0.321 e. The molecule has 3 aliphatic heterocycles. The lowest BCUT2D eigenvalue weighted by Gasteiger charge is -2.44. The van der Waals surface area contributed by atoms with E-state index in [0.717, 1.165) is 37.3 Å². The van der Waals surface area contributed by atoms with Crippen molar-refractivity contribution in [3.63, 3.8) is 0 Å². The van der Waals surface area contributed by atoms with Crippen LogP contribution in [0.3, 0.4) is 0 Å². The van der Waals surface area contributed by atoms with Crippen LogP contribution in [0.2, 0.25) is 0 Å². The number of aromatic amines is 1. The number of carbonyl (C=O) groups excluding carboxylic acids is 2. The molecule has 2 N–H and O–H groups in total. The second kappa shape index (κ2) is 8.09. The van der Waals surface area contributed by atoms with Gasteiger partial charge in [0.1, 0.15) is 11.4 Å². The van der Waals surface area contributed by atoms with E-state index in [-0.39, 0.29) is 29.7 Å². The largest absolute Gasteiger partial charge is 0.495 e. The number of nitrogens with zero attached hydrogens (tertiary/aromatic N) is 5. The van der Waals surface area contributed by atoms with Crippen LogP contribution in [0.5, 0.6) is 5.75 Å². The summed E-state index contributed by atoms with van der Waals surface area (Å²) >= 11 is 0. The van der Waals surface area contributed by atoms with Crippen LogP contribution in [0.25, 0.3) is 0 Å². The molecule has 2 saturated heterocycles. The van der Waals surface area contributed by atoms with Crippen molar-refractivity contribution >= 4 is 17.8 Å². The number of pyridine rings is 1. The zero-order valence-corrected chi connectivity index (χ0v) is 18.7. The van der Waals surface area contributed by atoms with Crippen LogP contribution >= 0.6 is 0 Å². The Kier molecular flexibility index (Phi) is 5.24. The third-order valence-electron chi connectivity index (χ3n) is 6.98. The molecule has 1 unspecified atom stereocenters. The summed E-state index contributed by atoms with van der Waals surface area (Å²) in [4.78, 5) is 36.6. The van der Waals surface area contributed by atoms with Crippen LogP contribution in [0.4, 0.5) is 10.6 Å². The van der Waals surface area contributed by atoms with E-state index in [1.165, 1.54) is 12.6 Å². The maximum Gasteiger partial charge on any atom is 0.321 e.